The van der Waals surface area contributed by atoms with Gasteiger partial charge in [-0.3, -0.25) is 4.79 Å². The first-order chi connectivity index (χ1) is 9.69. The summed E-state index contributed by atoms with van der Waals surface area (Å²) in [5.41, 5.74) is 2.49. The fraction of sp³-hybridized carbons (Fsp3) is 0.588. The maximum absolute atomic E-state index is 12.5. The fourth-order valence-electron chi connectivity index (χ4n) is 2.74. The Bertz CT molecular complexity index is 421. The summed E-state index contributed by atoms with van der Waals surface area (Å²) in [6.07, 6.45) is 2.84. The van der Waals surface area contributed by atoms with Crippen LogP contribution in [0.25, 0.3) is 0 Å². The lowest BCUT2D eigenvalue weighted by Gasteiger charge is -2.24. The molecule has 1 heterocycles. The third kappa shape index (κ3) is 4.34. The van der Waals surface area contributed by atoms with E-state index in [0.717, 1.165) is 39.0 Å². The molecule has 0 spiro atoms. The molecule has 1 aliphatic rings. The van der Waals surface area contributed by atoms with E-state index in [2.05, 4.69) is 43.4 Å². The number of nitrogens with zero attached hydrogens (tertiary/aromatic N) is 1. The van der Waals surface area contributed by atoms with Gasteiger partial charge in [-0.15, -0.1) is 0 Å². The number of carbonyl (C=O) groups excluding carboxylic acids is 1. The van der Waals surface area contributed by atoms with E-state index in [1.165, 1.54) is 11.1 Å². The van der Waals surface area contributed by atoms with E-state index in [-0.39, 0.29) is 0 Å². The van der Waals surface area contributed by atoms with Crippen LogP contribution in [-0.2, 0) is 11.3 Å². The van der Waals surface area contributed by atoms with Crippen LogP contribution < -0.4 is 5.32 Å². The summed E-state index contributed by atoms with van der Waals surface area (Å²) in [7, 11) is 0. The molecule has 1 atom stereocenters. The Labute approximate surface area is 122 Å². The van der Waals surface area contributed by atoms with Gasteiger partial charge in [0.25, 0.3) is 0 Å². The average molecular weight is 274 g/mol. The van der Waals surface area contributed by atoms with E-state index in [4.69, 9.17) is 0 Å². The first-order valence-corrected chi connectivity index (χ1v) is 7.73. The van der Waals surface area contributed by atoms with Crippen LogP contribution in [-0.4, -0.2) is 30.4 Å². The normalized spacial score (nSPS) is 18.2. The van der Waals surface area contributed by atoms with Crippen LogP contribution in [0.2, 0.25) is 0 Å². The summed E-state index contributed by atoms with van der Waals surface area (Å²) in [5, 5.41) is 3.33. The second kappa shape index (κ2) is 7.44. The van der Waals surface area contributed by atoms with Crippen LogP contribution in [0.15, 0.2) is 24.3 Å². The molecular weight excluding hydrogens is 248 g/mol. The highest BCUT2D eigenvalue weighted by Crippen LogP contribution is 2.16. The topological polar surface area (TPSA) is 32.3 Å². The molecule has 0 saturated carbocycles. The quantitative estimate of drug-likeness (QED) is 0.865. The summed E-state index contributed by atoms with van der Waals surface area (Å²) in [4.78, 5) is 14.5. The molecule has 0 bridgehead atoms. The summed E-state index contributed by atoms with van der Waals surface area (Å²) < 4.78 is 0. The van der Waals surface area contributed by atoms with E-state index >= 15 is 0 Å². The van der Waals surface area contributed by atoms with Crippen molar-refractivity contribution in [3.8, 4) is 0 Å². The van der Waals surface area contributed by atoms with Crippen molar-refractivity contribution in [1.82, 2.24) is 10.2 Å². The number of hydrogen-bond donors (Lipinski definition) is 1. The number of amides is 1. The molecule has 1 aliphatic heterocycles. The molecule has 0 aromatic heterocycles. The number of benzene rings is 1. The Kier molecular flexibility index (Phi) is 5.60. The number of aryl methyl sites for hydroxylation is 1. The second-order valence-corrected chi connectivity index (χ2v) is 5.86. The summed E-state index contributed by atoms with van der Waals surface area (Å²) in [6, 6.07) is 8.49. The number of hydrogen-bond acceptors (Lipinski definition) is 2. The molecule has 1 amide bonds. The fourth-order valence-corrected chi connectivity index (χ4v) is 2.74. The highest BCUT2D eigenvalue weighted by molar-refractivity contribution is 5.76. The molecule has 1 unspecified atom stereocenters. The van der Waals surface area contributed by atoms with Gasteiger partial charge in [0.15, 0.2) is 0 Å². The van der Waals surface area contributed by atoms with Crippen molar-refractivity contribution in [2.75, 3.05) is 19.6 Å². The van der Waals surface area contributed by atoms with Crippen molar-refractivity contribution in [1.29, 1.82) is 0 Å². The number of carbonyl (C=O) groups is 1. The Morgan fingerprint density at radius 1 is 1.35 bits per heavy atom. The molecule has 110 valence electrons. The van der Waals surface area contributed by atoms with Gasteiger partial charge >= 0.3 is 0 Å². The van der Waals surface area contributed by atoms with Crippen molar-refractivity contribution in [3.63, 3.8) is 0 Å². The van der Waals surface area contributed by atoms with Gasteiger partial charge in [0, 0.05) is 19.5 Å². The molecule has 0 radical (unpaired) electrons. The van der Waals surface area contributed by atoms with Gasteiger partial charge in [0.2, 0.25) is 5.91 Å². The highest BCUT2D eigenvalue weighted by Gasteiger charge is 2.21. The van der Waals surface area contributed by atoms with Crippen molar-refractivity contribution >= 4 is 5.91 Å². The zero-order valence-electron chi connectivity index (χ0n) is 12.7. The lowest BCUT2D eigenvalue weighted by Crippen LogP contribution is -2.33. The average Bonchev–Trinajstić information content (AvgIpc) is 2.93. The molecule has 1 saturated heterocycles. The smallest absolute Gasteiger partial charge is 0.223 e. The molecule has 1 N–H and O–H groups in total. The molecule has 3 heteroatoms. The molecule has 3 nitrogen and oxygen atoms in total. The third-order valence-electron chi connectivity index (χ3n) is 3.97. The standard InChI is InChI=1S/C17H26N2O/c1-3-10-19(13-15-6-4-14(2)5-7-15)17(20)11-16-8-9-18-12-16/h4-7,16,18H,3,8-13H2,1-2H3. The number of rotatable bonds is 6. The summed E-state index contributed by atoms with van der Waals surface area (Å²) in [5.74, 6) is 0.834. The minimum atomic E-state index is 0.307. The van der Waals surface area contributed by atoms with Crippen molar-refractivity contribution in [2.45, 2.75) is 39.7 Å². The van der Waals surface area contributed by atoms with Crippen molar-refractivity contribution in [3.05, 3.63) is 35.4 Å². The predicted octanol–water partition coefficient (Wildman–Crippen LogP) is 2.73. The van der Waals surface area contributed by atoms with E-state index in [9.17, 15) is 4.79 Å². The first-order valence-electron chi connectivity index (χ1n) is 7.73. The van der Waals surface area contributed by atoms with Crippen LogP contribution in [0.3, 0.4) is 0 Å². The molecule has 20 heavy (non-hydrogen) atoms. The van der Waals surface area contributed by atoms with Crippen molar-refractivity contribution in [2.24, 2.45) is 5.92 Å². The van der Waals surface area contributed by atoms with E-state index in [1.54, 1.807) is 0 Å². The molecule has 1 fully saturated rings. The Hall–Kier alpha value is -1.35. The maximum atomic E-state index is 12.5. The minimum absolute atomic E-state index is 0.307. The minimum Gasteiger partial charge on any atom is -0.338 e. The van der Waals surface area contributed by atoms with Gasteiger partial charge in [0.1, 0.15) is 0 Å². The van der Waals surface area contributed by atoms with Gasteiger partial charge in [-0.1, -0.05) is 36.8 Å². The lowest BCUT2D eigenvalue weighted by atomic mass is 10.0. The van der Waals surface area contributed by atoms with Gasteiger partial charge < -0.3 is 10.2 Å². The molecule has 1 aromatic rings. The first kappa shape index (κ1) is 15.0. The van der Waals surface area contributed by atoms with E-state index in [0.29, 0.717) is 18.2 Å². The van der Waals surface area contributed by atoms with Crippen LogP contribution in [0, 0.1) is 12.8 Å². The molecule has 2 rings (SSSR count). The number of nitrogens with one attached hydrogen (secondary N) is 1. The molecule has 1 aromatic carbocycles. The van der Waals surface area contributed by atoms with Crippen LogP contribution in [0.5, 0.6) is 0 Å². The van der Waals surface area contributed by atoms with Crippen LogP contribution in [0.4, 0.5) is 0 Å². The second-order valence-electron chi connectivity index (χ2n) is 5.86. The van der Waals surface area contributed by atoms with Crippen LogP contribution in [0.1, 0.15) is 37.3 Å². The highest BCUT2D eigenvalue weighted by atomic mass is 16.2. The van der Waals surface area contributed by atoms with Gasteiger partial charge in [-0.2, -0.15) is 0 Å². The summed E-state index contributed by atoms with van der Waals surface area (Å²) >= 11 is 0. The Morgan fingerprint density at radius 3 is 2.70 bits per heavy atom. The largest absolute Gasteiger partial charge is 0.338 e. The monoisotopic (exact) mass is 274 g/mol. The van der Waals surface area contributed by atoms with E-state index in [1.807, 2.05) is 4.90 Å². The van der Waals surface area contributed by atoms with Gasteiger partial charge in [-0.05, 0) is 44.3 Å². The molecular formula is C17H26N2O. The third-order valence-corrected chi connectivity index (χ3v) is 3.97. The van der Waals surface area contributed by atoms with Crippen molar-refractivity contribution < 1.29 is 4.79 Å². The molecule has 0 aliphatic carbocycles. The zero-order valence-corrected chi connectivity index (χ0v) is 12.7. The SMILES string of the molecule is CCCN(Cc1ccc(C)cc1)C(=O)CC1CCNC1. The predicted molar refractivity (Wildman–Crippen MR) is 82.5 cm³/mol. The lowest BCUT2D eigenvalue weighted by molar-refractivity contribution is -0.132. The Morgan fingerprint density at radius 2 is 2.10 bits per heavy atom. The Balaban J connectivity index is 1.94. The van der Waals surface area contributed by atoms with Gasteiger partial charge in [0.05, 0.1) is 0 Å². The van der Waals surface area contributed by atoms with Crippen LogP contribution >= 0.6 is 0 Å². The van der Waals surface area contributed by atoms with E-state index < -0.39 is 0 Å². The zero-order chi connectivity index (χ0) is 14.4. The summed E-state index contributed by atoms with van der Waals surface area (Å²) in [6.45, 7) is 7.87. The van der Waals surface area contributed by atoms with Gasteiger partial charge in [-0.25, -0.2) is 0 Å². The maximum Gasteiger partial charge on any atom is 0.223 e.